The van der Waals surface area contributed by atoms with Gasteiger partial charge in [0.15, 0.2) is 0 Å². The third kappa shape index (κ3) is 2.79. The van der Waals surface area contributed by atoms with Crippen molar-refractivity contribution in [1.29, 1.82) is 0 Å². The summed E-state index contributed by atoms with van der Waals surface area (Å²) in [6.07, 6.45) is 1.55. The van der Waals surface area contributed by atoms with Gasteiger partial charge in [0.1, 0.15) is 5.82 Å². The molecule has 5 N–H and O–H groups in total. The minimum absolute atomic E-state index is 0.114. The maximum absolute atomic E-state index is 13.6. The molecule has 0 saturated heterocycles. The highest BCUT2D eigenvalue weighted by atomic mass is 19.1. The lowest BCUT2D eigenvalue weighted by Gasteiger charge is -2.33. The lowest BCUT2D eigenvalue weighted by Crippen LogP contribution is -2.44. The van der Waals surface area contributed by atoms with E-state index in [9.17, 15) is 9.18 Å². The second kappa shape index (κ2) is 5.82. The summed E-state index contributed by atoms with van der Waals surface area (Å²) >= 11 is 0. The molecule has 0 spiro atoms. The first-order valence-electron chi connectivity index (χ1n) is 6.06. The second-order valence-electron chi connectivity index (χ2n) is 4.34. The van der Waals surface area contributed by atoms with Crippen LogP contribution in [-0.4, -0.2) is 18.0 Å². The molecule has 0 aliphatic rings. The monoisotopic (exact) mass is 253 g/mol. The molecule has 5 heteroatoms. The summed E-state index contributed by atoms with van der Waals surface area (Å²) in [7, 11) is 0. The van der Waals surface area contributed by atoms with Gasteiger partial charge in [0.05, 0.1) is 11.3 Å². The number of nitrogens with one attached hydrogen (secondary N) is 1. The van der Waals surface area contributed by atoms with Crippen molar-refractivity contribution in [1.82, 2.24) is 0 Å². The quantitative estimate of drug-likeness (QED) is 0.723. The minimum Gasteiger partial charge on any atom is -0.378 e. The van der Waals surface area contributed by atoms with Crippen LogP contribution >= 0.6 is 0 Å². The first-order valence-corrected chi connectivity index (χ1v) is 6.06. The average molecular weight is 253 g/mol. The second-order valence-corrected chi connectivity index (χ2v) is 4.34. The van der Waals surface area contributed by atoms with Crippen LogP contribution in [0.2, 0.25) is 0 Å². The first-order chi connectivity index (χ1) is 8.49. The molecule has 0 atom stereocenters. The van der Waals surface area contributed by atoms with Gasteiger partial charge in [-0.05, 0) is 25.0 Å². The minimum atomic E-state index is -0.784. The van der Waals surface area contributed by atoms with Gasteiger partial charge in [-0.1, -0.05) is 19.9 Å². The number of anilines is 1. The van der Waals surface area contributed by atoms with E-state index >= 15 is 0 Å². The van der Waals surface area contributed by atoms with Gasteiger partial charge in [-0.3, -0.25) is 4.79 Å². The molecule has 18 heavy (non-hydrogen) atoms. The molecule has 100 valence electrons. The highest BCUT2D eigenvalue weighted by Crippen LogP contribution is 2.25. The van der Waals surface area contributed by atoms with Crippen LogP contribution in [0.15, 0.2) is 18.2 Å². The largest absolute Gasteiger partial charge is 0.378 e. The first kappa shape index (κ1) is 14.4. The van der Waals surface area contributed by atoms with Crippen LogP contribution < -0.4 is 16.8 Å². The fourth-order valence-electron chi connectivity index (χ4n) is 1.93. The number of halogens is 1. The van der Waals surface area contributed by atoms with Crippen molar-refractivity contribution in [2.45, 2.75) is 32.2 Å². The Hall–Kier alpha value is -1.62. The number of nitrogens with two attached hydrogens (primary N) is 2. The number of rotatable bonds is 6. The summed E-state index contributed by atoms with van der Waals surface area (Å²) in [5.74, 6) is -1.40. The Morgan fingerprint density at radius 1 is 1.39 bits per heavy atom. The number of amides is 1. The van der Waals surface area contributed by atoms with Crippen molar-refractivity contribution in [3.8, 4) is 0 Å². The van der Waals surface area contributed by atoms with Crippen LogP contribution in [0, 0.1) is 5.82 Å². The van der Waals surface area contributed by atoms with Gasteiger partial charge in [-0.15, -0.1) is 0 Å². The van der Waals surface area contributed by atoms with Crippen LogP contribution in [0.5, 0.6) is 0 Å². The highest BCUT2D eigenvalue weighted by Gasteiger charge is 2.26. The zero-order chi connectivity index (χ0) is 13.8. The Labute approximate surface area is 107 Å². The molecule has 0 aromatic heterocycles. The van der Waals surface area contributed by atoms with Crippen molar-refractivity contribution < 1.29 is 9.18 Å². The number of hydrogen-bond acceptors (Lipinski definition) is 3. The van der Waals surface area contributed by atoms with E-state index in [0.29, 0.717) is 12.2 Å². The number of carbonyl (C=O) groups excluding carboxylic acids is 1. The smallest absolute Gasteiger partial charge is 0.253 e. The zero-order valence-corrected chi connectivity index (χ0v) is 10.8. The normalized spacial score (nSPS) is 11.3. The van der Waals surface area contributed by atoms with E-state index in [0.717, 1.165) is 12.8 Å². The predicted octanol–water partition coefficient (Wildman–Crippen LogP) is 1.85. The predicted molar refractivity (Wildman–Crippen MR) is 70.9 cm³/mol. The Bertz CT molecular complexity index is 422. The molecule has 0 saturated carbocycles. The van der Waals surface area contributed by atoms with Crippen molar-refractivity contribution in [3.63, 3.8) is 0 Å². The molecule has 1 amide bonds. The fraction of sp³-hybridized carbons (Fsp3) is 0.462. The lowest BCUT2D eigenvalue weighted by molar-refractivity contribution is 0.0997. The average Bonchev–Trinajstić information content (AvgIpc) is 2.35. The summed E-state index contributed by atoms with van der Waals surface area (Å²) in [6, 6.07) is 4.39. The topological polar surface area (TPSA) is 81.1 Å². The van der Waals surface area contributed by atoms with Gasteiger partial charge in [-0.2, -0.15) is 0 Å². The molecule has 1 rings (SSSR count). The van der Waals surface area contributed by atoms with Gasteiger partial charge in [0.25, 0.3) is 5.91 Å². The molecule has 1 aromatic rings. The third-order valence-electron chi connectivity index (χ3n) is 3.40. The van der Waals surface area contributed by atoms with E-state index in [1.165, 1.54) is 12.1 Å². The van der Waals surface area contributed by atoms with Crippen molar-refractivity contribution in [2.75, 3.05) is 11.9 Å². The molecule has 0 heterocycles. The molecule has 1 aromatic carbocycles. The van der Waals surface area contributed by atoms with E-state index in [-0.39, 0.29) is 11.1 Å². The van der Waals surface area contributed by atoms with E-state index in [2.05, 4.69) is 5.32 Å². The van der Waals surface area contributed by atoms with Crippen molar-refractivity contribution >= 4 is 11.6 Å². The van der Waals surface area contributed by atoms with Gasteiger partial charge in [-0.25, -0.2) is 4.39 Å². The number of carbonyl (C=O) groups is 1. The molecule has 0 fully saturated rings. The Balaban J connectivity index is 3.18. The van der Waals surface area contributed by atoms with Crippen LogP contribution in [0.4, 0.5) is 10.1 Å². The maximum Gasteiger partial charge on any atom is 0.253 e. The summed E-state index contributed by atoms with van der Waals surface area (Å²) in [6.45, 7) is 4.38. The van der Waals surface area contributed by atoms with E-state index in [4.69, 9.17) is 11.5 Å². The molecule has 4 nitrogen and oxygen atoms in total. The van der Waals surface area contributed by atoms with Crippen molar-refractivity contribution in [2.24, 2.45) is 11.5 Å². The molecular weight excluding hydrogens is 233 g/mol. The van der Waals surface area contributed by atoms with Gasteiger partial charge >= 0.3 is 0 Å². The van der Waals surface area contributed by atoms with Gasteiger partial charge < -0.3 is 16.8 Å². The zero-order valence-electron chi connectivity index (χ0n) is 10.8. The molecule has 0 radical (unpaired) electrons. The number of benzene rings is 1. The summed E-state index contributed by atoms with van der Waals surface area (Å²) in [5.41, 5.74) is 10.9. The van der Waals surface area contributed by atoms with Crippen LogP contribution in [-0.2, 0) is 0 Å². The summed E-state index contributed by atoms with van der Waals surface area (Å²) in [4.78, 5) is 11.3. The molecular formula is C13H20FN3O. The van der Waals surface area contributed by atoms with Gasteiger partial charge in [0, 0.05) is 12.1 Å². The molecule has 0 aliphatic heterocycles. The van der Waals surface area contributed by atoms with Crippen LogP contribution in [0.1, 0.15) is 37.0 Å². The molecule has 0 aliphatic carbocycles. The van der Waals surface area contributed by atoms with E-state index in [1.807, 2.05) is 13.8 Å². The third-order valence-corrected chi connectivity index (χ3v) is 3.40. The van der Waals surface area contributed by atoms with Gasteiger partial charge in [0.2, 0.25) is 0 Å². The lowest BCUT2D eigenvalue weighted by atomic mass is 9.92. The molecule has 0 unspecified atom stereocenters. The van der Waals surface area contributed by atoms with Crippen LogP contribution in [0.3, 0.4) is 0 Å². The summed E-state index contributed by atoms with van der Waals surface area (Å²) in [5, 5.41) is 3.17. The Morgan fingerprint density at radius 3 is 2.44 bits per heavy atom. The van der Waals surface area contributed by atoms with Crippen LogP contribution in [0.25, 0.3) is 0 Å². The SMILES string of the molecule is CCC(CC)(CN)Nc1cccc(F)c1C(N)=O. The maximum atomic E-state index is 13.6. The number of hydrogen-bond donors (Lipinski definition) is 3. The molecule has 0 bridgehead atoms. The standard InChI is InChI=1S/C13H20FN3O/c1-3-13(4-2,8-15)17-10-7-5-6-9(14)11(10)12(16)18/h5-7,17H,3-4,8,15H2,1-2H3,(H2,16,18). The Kier molecular flexibility index (Phi) is 4.67. The van der Waals surface area contributed by atoms with E-state index in [1.54, 1.807) is 6.07 Å². The Morgan fingerprint density at radius 2 is 2.00 bits per heavy atom. The highest BCUT2D eigenvalue weighted by molar-refractivity contribution is 5.98. The number of primary amides is 1. The van der Waals surface area contributed by atoms with Crippen molar-refractivity contribution in [3.05, 3.63) is 29.6 Å². The summed E-state index contributed by atoms with van der Waals surface area (Å²) < 4.78 is 13.6. The fourth-order valence-corrected chi connectivity index (χ4v) is 1.93. The van der Waals surface area contributed by atoms with E-state index < -0.39 is 11.7 Å².